The predicted octanol–water partition coefficient (Wildman–Crippen LogP) is 4.15. The average molecular weight is 494 g/mol. The summed E-state index contributed by atoms with van der Waals surface area (Å²) in [7, 11) is 1.62. The van der Waals surface area contributed by atoms with Crippen LogP contribution in [0.2, 0.25) is 0 Å². The number of fused-ring (bicyclic) bond motifs is 2. The van der Waals surface area contributed by atoms with E-state index in [1.165, 1.54) is 0 Å². The third kappa shape index (κ3) is 4.53. The van der Waals surface area contributed by atoms with Crippen LogP contribution in [0.5, 0.6) is 5.75 Å². The van der Waals surface area contributed by atoms with Crippen LogP contribution in [0, 0.1) is 0 Å². The summed E-state index contributed by atoms with van der Waals surface area (Å²) >= 11 is 0. The SMILES string of the molecule is COc1ccc2[nH]c(C(=O)N3CC(=O)N(Cc4ccc5cn[nH]c5c4)[C@@H](Cc4ccccc4)C3)cc2c1. The van der Waals surface area contributed by atoms with Gasteiger partial charge in [0.25, 0.3) is 5.91 Å². The Labute approximate surface area is 213 Å². The van der Waals surface area contributed by atoms with Crippen molar-refractivity contribution in [3.8, 4) is 5.75 Å². The van der Waals surface area contributed by atoms with E-state index in [-0.39, 0.29) is 24.4 Å². The number of carbonyl (C=O) groups is 2. The van der Waals surface area contributed by atoms with Crippen molar-refractivity contribution in [1.82, 2.24) is 25.0 Å². The van der Waals surface area contributed by atoms with Crippen LogP contribution in [0.15, 0.2) is 79.0 Å². The van der Waals surface area contributed by atoms with Crippen molar-refractivity contribution >= 4 is 33.6 Å². The van der Waals surface area contributed by atoms with E-state index in [0.717, 1.165) is 38.7 Å². The Morgan fingerprint density at radius 2 is 1.86 bits per heavy atom. The molecule has 0 bridgehead atoms. The molecule has 1 aliphatic heterocycles. The molecule has 0 aliphatic carbocycles. The molecule has 0 spiro atoms. The van der Waals surface area contributed by atoms with Crippen molar-refractivity contribution in [2.24, 2.45) is 0 Å². The quantitative estimate of drug-likeness (QED) is 0.372. The van der Waals surface area contributed by atoms with Gasteiger partial charge in [0.05, 0.1) is 24.9 Å². The molecule has 2 amide bonds. The second-order valence-corrected chi connectivity index (χ2v) is 9.48. The van der Waals surface area contributed by atoms with Gasteiger partial charge in [-0.3, -0.25) is 14.7 Å². The highest BCUT2D eigenvalue weighted by Crippen LogP contribution is 2.25. The van der Waals surface area contributed by atoms with Crippen molar-refractivity contribution in [2.75, 3.05) is 20.2 Å². The van der Waals surface area contributed by atoms with Crippen LogP contribution < -0.4 is 4.74 Å². The van der Waals surface area contributed by atoms with Gasteiger partial charge in [0.1, 0.15) is 18.0 Å². The van der Waals surface area contributed by atoms with Gasteiger partial charge in [0, 0.05) is 29.4 Å². The number of methoxy groups -OCH3 is 1. The fraction of sp³-hybridized carbons (Fsp3) is 0.207. The standard InChI is InChI=1S/C29H27N5O3/c1-37-24-9-10-25-22(13-24)14-27(31-25)29(36)33-17-23(11-19-5-3-2-4-6-19)34(28(35)18-33)16-20-7-8-21-15-30-32-26(21)12-20/h2-10,12-15,23,31H,11,16-18H2,1H3,(H,30,32)/t23-/m0/s1. The molecule has 1 saturated heterocycles. The number of hydrogen-bond acceptors (Lipinski definition) is 4. The summed E-state index contributed by atoms with van der Waals surface area (Å²) in [6.07, 6.45) is 2.44. The Balaban J connectivity index is 1.27. The van der Waals surface area contributed by atoms with E-state index in [1.807, 2.05) is 65.6 Å². The fourth-order valence-electron chi connectivity index (χ4n) is 5.11. The molecule has 1 fully saturated rings. The topological polar surface area (TPSA) is 94.3 Å². The molecule has 6 rings (SSSR count). The van der Waals surface area contributed by atoms with Gasteiger partial charge in [-0.25, -0.2) is 0 Å². The van der Waals surface area contributed by atoms with Crippen molar-refractivity contribution in [3.05, 3.63) is 95.8 Å². The molecule has 0 unspecified atom stereocenters. The average Bonchev–Trinajstić information content (AvgIpc) is 3.56. The summed E-state index contributed by atoms with van der Waals surface area (Å²) in [4.78, 5) is 33.8. The highest BCUT2D eigenvalue weighted by molar-refractivity contribution is 6.00. The molecular formula is C29H27N5O3. The molecule has 1 aliphatic rings. The molecule has 3 heterocycles. The summed E-state index contributed by atoms with van der Waals surface area (Å²) in [5, 5.41) is 9.02. The predicted molar refractivity (Wildman–Crippen MR) is 141 cm³/mol. The highest BCUT2D eigenvalue weighted by atomic mass is 16.5. The van der Waals surface area contributed by atoms with Crippen LogP contribution in [0.4, 0.5) is 0 Å². The van der Waals surface area contributed by atoms with Gasteiger partial charge in [0.15, 0.2) is 0 Å². The normalized spacial score (nSPS) is 16.0. The number of piperazine rings is 1. The van der Waals surface area contributed by atoms with Crippen molar-refractivity contribution in [1.29, 1.82) is 0 Å². The number of ether oxygens (including phenoxy) is 1. The maximum atomic E-state index is 13.5. The summed E-state index contributed by atoms with van der Waals surface area (Å²) in [6, 6.07) is 23.5. The van der Waals surface area contributed by atoms with Gasteiger partial charge in [-0.15, -0.1) is 0 Å². The maximum absolute atomic E-state index is 13.5. The number of carbonyl (C=O) groups excluding carboxylic acids is 2. The fourth-order valence-corrected chi connectivity index (χ4v) is 5.11. The van der Waals surface area contributed by atoms with E-state index in [4.69, 9.17) is 4.74 Å². The molecule has 2 aromatic heterocycles. The molecular weight excluding hydrogens is 466 g/mol. The molecule has 0 saturated carbocycles. The van der Waals surface area contributed by atoms with Gasteiger partial charge in [0.2, 0.25) is 5.91 Å². The first-order chi connectivity index (χ1) is 18.1. The number of aromatic amines is 2. The third-order valence-electron chi connectivity index (χ3n) is 7.04. The Bertz CT molecular complexity index is 1590. The largest absolute Gasteiger partial charge is 0.497 e. The number of benzene rings is 3. The number of rotatable bonds is 6. The maximum Gasteiger partial charge on any atom is 0.270 e. The van der Waals surface area contributed by atoms with E-state index in [2.05, 4.69) is 27.3 Å². The number of nitrogens with zero attached hydrogens (tertiary/aromatic N) is 3. The van der Waals surface area contributed by atoms with E-state index < -0.39 is 0 Å². The minimum absolute atomic E-state index is 0.0368. The summed E-state index contributed by atoms with van der Waals surface area (Å²) in [5.41, 5.74) is 4.40. The monoisotopic (exact) mass is 493 g/mol. The van der Waals surface area contributed by atoms with Crippen molar-refractivity contribution in [3.63, 3.8) is 0 Å². The zero-order valence-corrected chi connectivity index (χ0v) is 20.5. The van der Waals surface area contributed by atoms with Crippen LogP contribution >= 0.6 is 0 Å². The molecule has 1 atom stereocenters. The van der Waals surface area contributed by atoms with Crippen molar-refractivity contribution in [2.45, 2.75) is 19.0 Å². The number of amides is 2. The van der Waals surface area contributed by atoms with E-state index in [9.17, 15) is 9.59 Å². The van der Waals surface area contributed by atoms with E-state index in [0.29, 0.717) is 25.2 Å². The Morgan fingerprint density at radius 1 is 1.00 bits per heavy atom. The lowest BCUT2D eigenvalue weighted by Crippen LogP contribution is -2.58. The molecule has 186 valence electrons. The molecule has 8 nitrogen and oxygen atoms in total. The molecule has 8 heteroatoms. The van der Waals surface area contributed by atoms with Crippen LogP contribution in [-0.4, -0.2) is 63.0 Å². The third-order valence-corrected chi connectivity index (χ3v) is 7.04. The lowest BCUT2D eigenvalue weighted by atomic mass is 10.0. The van der Waals surface area contributed by atoms with E-state index >= 15 is 0 Å². The molecule has 3 aromatic carbocycles. The van der Waals surface area contributed by atoms with Crippen LogP contribution in [0.3, 0.4) is 0 Å². The summed E-state index contributed by atoms with van der Waals surface area (Å²) in [6.45, 7) is 0.957. The minimum atomic E-state index is -0.180. The molecule has 2 N–H and O–H groups in total. The van der Waals surface area contributed by atoms with E-state index in [1.54, 1.807) is 18.2 Å². The number of hydrogen-bond donors (Lipinski definition) is 2. The number of nitrogens with one attached hydrogen (secondary N) is 2. The van der Waals surface area contributed by atoms with Gasteiger partial charge >= 0.3 is 0 Å². The van der Waals surface area contributed by atoms with Gasteiger partial charge in [-0.05, 0) is 47.9 Å². The first-order valence-corrected chi connectivity index (χ1v) is 12.3. The lowest BCUT2D eigenvalue weighted by molar-refractivity contribution is -0.139. The van der Waals surface area contributed by atoms with Gasteiger partial charge in [-0.1, -0.05) is 42.5 Å². The Morgan fingerprint density at radius 3 is 2.70 bits per heavy atom. The van der Waals surface area contributed by atoms with Gasteiger partial charge < -0.3 is 19.5 Å². The highest BCUT2D eigenvalue weighted by Gasteiger charge is 2.35. The molecule has 0 radical (unpaired) electrons. The summed E-state index contributed by atoms with van der Waals surface area (Å²) < 4.78 is 5.31. The Hall–Kier alpha value is -4.59. The second-order valence-electron chi connectivity index (χ2n) is 9.48. The smallest absolute Gasteiger partial charge is 0.270 e. The van der Waals surface area contributed by atoms with Gasteiger partial charge in [-0.2, -0.15) is 5.10 Å². The Kier molecular flexibility index (Phi) is 5.84. The van der Waals surface area contributed by atoms with Crippen LogP contribution in [0.25, 0.3) is 21.8 Å². The number of H-pyrrole nitrogens is 2. The van der Waals surface area contributed by atoms with Crippen LogP contribution in [-0.2, 0) is 17.8 Å². The minimum Gasteiger partial charge on any atom is -0.497 e. The first-order valence-electron chi connectivity index (χ1n) is 12.3. The molecule has 5 aromatic rings. The second kappa shape index (κ2) is 9.46. The lowest BCUT2D eigenvalue weighted by Gasteiger charge is -2.41. The van der Waals surface area contributed by atoms with Crippen LogP contribution in [0.1, 0.15) is 21.6 Å². The zero-order valence-electron chi connectivity index (χ0n) is 20.5. The first kappa shape index (κ1) is 22.8. The van der Waals surface area contributed by atoms with Crippen molar-refractivity contribution < 1.29 is 14.3 Å². The summed E-state index contributed by atoms with van der Waals surface area (Å²) in [5.74, 6) is 0.480. The zero-order chi connectivity index (χ0) is 25.4. The number of aromatic nitrogens is 3. The molecule has 37 heavy (non-hydrogen) atoms.